The number of nitrogens with one attached hydrogen (secondary N) is 1. The molecule has 0 aromatic carbocycles. The van der Waals surface area contributed by atoms with Crippen LogP contribution in [0.3, 0.4) is 0 Å². The normalized spacial score (nSPS) is 27.3. The fourth-order valence-electron chi connectivity index (χ4n) is 3.07. The maximum absolute atomic E-state index is 12.2. The lowest BCUT2D eigenvalue weighted by molar-refractivity contribution is -0.134. The van der Waals surface area contributed by atoms with Crippen LogP contribution >= 0.6 is 0 Å². The van der Waals surface area contributed by atoms with E-state index >= 15 is 0 Å². The van der Waals surface area contributed by atoms with Crippen molar-refractivity contribution >= 4 is 5.91 Å². The number of nitrogens with zero attached hydrogens (tertiary/aromatic N) is 2. The molecule has 1 aromatic heterocycles. The fraction of sp³-hybridized carbons (Fsp3) is 0.692. The summed E-state index contributed by atoms with van der Waals surface area (Å²) in [6.45, 7) is 5.72. The predicted molar refractivity (Wildman–Crippen MR) is 66.0 cm³/mol. The maximum atomic E-state index is 12.2. The summed E-state index contributed by atoms with van der Waals surface area (Å²) in [6.07, 6.45) is 1.60. The highest BCUT2D eigenvalue weighted by molar-refractivity contribution is 5.78. The van der Waals surface area contributed by atoms with Crippen LogP contribution in [-0.4, -0.2) is 42.1 Å². The maximum Gasteiger partial charge on any atom is 0.230 e. The molecule has 2 atom stereocenters. The first-order chi connectivity index (χ1) is 8.70. The third-order valence-corrected chi connectivity index (χ3v) is 3.84. The van der Waals surface area contributed by atoms with Gasteiger partial charge in [-0.2, -0.15) is 0 Å². The standard InChI is InChI=1S/C13H19N3O2/c1-9-2-12(18-15-9)4-13(17)16-7-10-3-11(8-16)6-14-5-10/h2,10-11,14H,3-8H2,1H3/t10-,11+. The van der Waals surface area contributed by atoms with Crippen LogP contribution in [0.1, 0.15) is 17.9 Å². The van der Waals surface area contributed by atoms with Gasteiger partial charge in [-0.3, -0.25) is 4.79 Å². The molecule has 0 unspecified atom stereocenters. The number of piperidine rings is 2. The molecule has 3 heterocycles. The molecule has 1 aromatic rings. The molecule has 0 spiro atoms. The van der Waals surface area contributed by atoms with Crippen molar-refractivity contribution in [3.05, 3.63) is 17.5 Å². The minimum Gasteiger partial charge on any atom is -0.361 e. The molecule has 0 radical (unpaired) electrons. The SMILES string of the molecule is Cc1cc(CC(=O)N2C[C@@H]3CNC[C@@H](C3)C2)on1. The van der Waals surface area contributed by atoms with Crippen LogP contribution in [0.4, 0.5) is 0 Å². The minimum atomic E-state index is 0.169. The molecule has 5 nitrogen and oxygen atoms in total. The first-order valence-electron chi connectivity index (χ1n) is 6.61. The predicted octanol–water partition coefficient (Wildman–Crippen LogP) is 0.593. The van der Waals surface area contributed by atoms with Gasteiger partial charge in [0.25, 0.3) is 0 Å². The molecule has 2 aliphatic rings. The van der Waals surface area contributed by atoms with E-state index in [2.05, 4.69) is 10.5 Å². The summed E-state index contributed by atoms with van der Waals surface area (Å²) in [6, 6.07) is 1.84. The van der Waals surface area contributed by atoms with Crippen LogP contribution in [0.5, 0.6) is 0 Å². The Kier molecular flexibility index (Phi) is 3.07. The number of amides is 1. The molecule has 5 heteroatoms. The van der Waals surface area contributed by atoms with Gasteiger partial charge in [0.05, 0.1) is 12.1 Å². The zero-order valence-corrected chi connectivity index (χ0v) is 10.7. The number of aromatic nitrogens is 1. The number of fused-ring (bicyclic) bond motifs is 2. The molecule has 18 heavy (non-hydrogen) atoms. The second-order valence-electron chi connectivity index (χ2n) is 5.54. The lowest BCUT2D eigenvalue weighted by Crippen LogP contribution is -2.53. The van der Waals surface area contributed by atoms with E-state index in [0.717, 1.165) is 31.9 Å². The number of rotatable bonds is 2. The van der Waals surface area contributed by atoms with Gasteiger partial charge in [-0.15, -0.1) is 0 Å². The Bertz CT molecular complexity index is 431. The molecule has 3 rings (SSSR count). The average molecular weight is 249 g/mol. The number of hydrogen-bond acceptors (Lipinski definition) is 4. The number of likely N-dealkylation sites (tertiary alicyclic amines) is 1. The molecule has 1 amide bonds. The van der Waals surface area contributed by atoms with Crippen LogP contribution in [0.25, 0.3) is 0 Å². The molecule has 2 bridgehead atoms. The third-order valence-electron chi connectivity index (χ3n) is 3.84. The summed E-state index contributed by atoms with van der Waals surface area (Å²) in [4.78, 5) is 14.2. The van der Waals surface area contributed by atoms with Gasteiger partial charge in [0.2, 0.25) is 5.91 Å². The average Bonchev–Trinajstić information content (AvgIpc) is 2.74. The monoisotopic (exact) mass is 249 g/mol. The van der Waals surface area contributed by atoms with Crippen molar-refractivity contribution in [3.63, 3.8) is 0 Å². The van der Waals surface area contributed by atoms with Crippen molar-refractivity contribution in [2.45, 2.75) is 19.8 Å². The Morgan fingerprint density at radius 3 is 2.83 bits per heavy atom. The van der Waals surface area contributed by atoms with Gasteiger partial charge in [0, 0.05) is 19.2 Å². The lowest BCUT2D eigenvalue weighted by atomic mass is 9.86. The molecule has 0 saturated carbocycles. The molecule has 98 valence electrons. The largest absolute Gasteiger partial charge is 0.361 e. The highest BCUT2D eigenvalue weighted by Crippen LogP contribution is 2.24. The second-order valence-corrected chi connectivity index (χ2v) is 5.54. The van der Waals surface area contributed by atoms with Gasteiger partial charge >= 0.3 is 0 Å². The number of carbonyl (C=O) groups is 1. The van der Waals surface area contributed by atoms with E-state index in [0.29, 0.717) is 24.0 Å². The van der Waals surface area contributed by atoms with E-state index in [1.807, 2.05) is 17.9 Å². The van der Waals surface area contributed by atoms with Crippen LogP contribution in [0.15, 0.2) is 10.6 Å². The summed E-state index contributed by atoms with van der Waals surface area (Å²) >= 11 is 0. The van der Waals surface area contributed by atoms with Crippen molar-refractivity contribution in [1.82, 2.24) is 15.4 Å². The summed E-state index contributed by atoms with van der Waals surface area (Å²) < 4.78 is 5.11. The summed E-state index contributed by atoms with van der Waals surface area (Å²) in [5.41, 5.74) is 0.831. The highest BCUT2D eigenvalue weighted by Gasteiger charge is 2.32. The van der Waals surface area contributed by atoms with Gasteiger partial charge in [-0.25, -0.2) is 0 Å². The Morgan fingerprint density at radius 2 is 2.22 bits per heavy atom. The first-order valence-corrected chi connectivity index (χ1v) is 6.61. The van der Waals surface area contributed by atoms with E-state index in [9.17, 15) is 4.79 Å². The van der Waals surface area contributed by atoms with Gasteiger partial charge in [0.15, 0.2) is 0 Å². The Balaban J connectivity index is 1.62. The van der Waals surface area contributed by atoms with Crippen LogP contribution in [-0.2, 0) is 11.2 Å². The van der Waals surface area contributed by atoms with Crippen molar-refractivity contribution in [2.24, 2.45) is 11.8 Å². The zero-order chi connectivity index (χ0) is 12.5. The van der Waals surface area contributed by atoms with Crippen molar-refractivity contribution in [2.75, 3.05) is 26.2 Å². The van der Waals surface area contributed by atoms with Crippen molar-refractivity contribution in [1.29, 1.82) is 0 Å². The van der Waals surface area contributed by atoms with Crippen molar-refractivity contribution in [3.8, 4) is 0 Å². The molecule has 2 saturated heterocycles. The van der Waals surface area contributed by atoms with E-state index < -0.39 is 0 Å². The first kappa shape index (κ1) is 11.7. The van der Waals surface area contributed by atoms with Gasteiger partial charge < -0.3 is 14.7 Å². The van der Waals surface area contributed by atoms with Crippen LogP contribution < -0.4 is 5.32 Å². The quantitative estimate of drug-likeness (QED) is 0.833. The van der Waals surface area contributed by atoms with Gasteiger partial charge in [-0.1, -0.05) is 5.16 Å². The Labute approximate surface area is 107 Å². The number of aryl methyl sites for hydroxylation is 1. The number of hydrogen-bond donors (Lipinski definition) is 1. The minimum absolute atomic E-state index is 0.169. The molecule has 1 N–H and O–H groups in total. The van der Waals surface area contributed by atoms with Gasteiger partial charge in [-0.05, 0) is 38.3 Å². The van der Waals surface area contributed by atoms with Crippen molar-refractivity contribution < 1.29 is 9.32 Å². The molecule has 2 aliphatic heterocycles. The molecular formula is C13H19N3O2. The molecular weight excluding hydrogens is 230 g/mol. The summed E-state index contributed by atoms with van der Waals surface area (Å²) in [5, 5.41) is 7.25. The van der Waals surface area contributed by atoms with Gasteiger partial charge in [0.1, 0.15) is 5.76 Å². The molecule has 0 aliphatic carbocycles. The summed E-state index contributed by atoms with van der Waals surface area (Å²) in [7, 11) is 0. The third kappa shape index (κ3) is 2.41. The Hall–Kier alpha value is -1.36. The van der Waals surface area contributed by atoms with E-state index in [1.165, 1.54) is 6.42 Å². The smallest absolute Gasteiger partial charge is 0.230 e. The zero-order valence-electron chi connectivity index (χ0n) is 10.7. The lowest BCUT2D eigenvalue weighted by Gasteiger charge is -2.41. The fourth-order valence-corrected chi connectivity index (χ4v) is 3.07. The summed E-state index contributed by atoms with van der Waals surface area (Å²) in [5.74, 6) is 2.09. The highest BCUT2D eigenvalue weighted by atomic mass is 16.5. The van der Waals surface area contributed by atoms with E-state index in [4.69, 9.17) is 4.52 Å². The van der Waals surface area contributed by atoms with Crippen LogP contribution in [0.2, 0.25) is 0 Å². The molecule has 2 fully saturated rings. The van der Waals surface area contributed by atoms with E-state index in [-0.39, 0.29) is 5.91 Å². The second kappa shape index (κ2) is 4.72. The van der Waals surface area contributed by atoms with Crippen LogP contribution in [0, 0.1) is 18.8 Å². The van der Waals surface area contributed by atoms with E-state index in [1.54, 1.807) is 0 Å². The number of carbonyl (C=O) groups excluding carboxylic acids is 1. The topological polar surface area (TPSA) is 58.4 Å². The Morgan fingerprint density at radius 1 is 1.50 bits per heavy atom.